The van der Waals surface area contributed by atoms with Gasteiger partial charge in [0.15, 0.2) is 0 Å². The Morgan fingerprint density at radius 2 is 2.07 bits per heavy atom. The van der Waals surface area contributed by atoms with Gasteiger partial charge in [-0.05, 0) is 12.5 Å². The van der Waals surface area contributed by atoms with Gasteiger partial charge in [-0.25, -0.2) is 0 Å². The largest absolute Gasteiger partial charge is 0.300 e. The highest BCUT2D eigenvalue weighted by Crippen LogP contribution is 2.34. The maximum atomic E-state index is 11.9. The second-order valence-electron chi connectivity index (χ2n) is 3.91. The van der Waals surface area contributed by atoms with Crippen LogP contribution in [0.15, 0.2) is 18.2 Å². The Morgan fingerprint density at radius 1 is 1.33 bits per heavy atom. The molecule has 81 valence electrons. The molecule has 0 spiro atoms. The molecule has 2 heteroatoms. The van der Waals surface area contributed by atoms with Crippen molar-refractivity contribution in [3.8, 4) is 0 Å². The number of Topliss-reactive ketones (excluding diaryl/α,β-unsaturated/α-hetero) is 2. The third kappa shape index (κ3) is 2.65. The second kappa shape index (κ2) is 5.06. The van der Waals surface area contributed by atoms with Crippen LogP contribution >= 0.6 is 0 Å². The van der Waals surface area contributed by atoms with E-state index in [4.69, 9.17) is 0 Å². The lowest BCUT2D eigenvalue weighted by Crippen LogP contribution is -2.31. The van der Waals surface area contributed by atoms with Crippen LogP contribution in [0.5, 0.6) is 0 Å². The predicted molar refractivity (Wildman–Crippen MR) is 59.2 cm³/mol. The van der Waals surface area contributed by atoms with E-state index in [9.17, 15) is 9.59 Å². The quantitative estimate of drug-likeness (QED) is 0.691. The maximum Gasteiger partial charge on any atom is 0.143 e. The van der Waals surface area contributed by atoms with Crippen molar-refractivity contribution in [1.82, 2.24) is 0 Å². The lowest BCUT2D eigenvalue weighted by Gasteiger charge is -2.28. The molecule has 0 aromatic heterocycles. The first-order chi connectivity index (χ1) is 7.14. The molecule has 0 aromatic rings. The van der Waals surface area contributed by atoms with Crippen LogP contribution in [-0.4, -0.2) is 11.6 Å². The van der Waals surface area contributed by atoms with Crippen LogP contribution in [0.4, 0.5) is 0 Å². The fourth-order valence-corrected chi connectivity index (χ4v) is 1.85. The fraction of sp³-hybridized carbons (Fsp3) is 0.538. The molecule has 1 unspecified atom stereocenters. The summed E-state index contributed by atoms with van der Waals surface area (Å²) >= 11 is 0. The minimum absolute atomic E-state index is 0.150. The predicted octanol–water partition coefficient (Wildman–Crippen LogP) is 2.64. The molecular formula is C13H17O2. The standard InChI is InChI=1S/C13H17O2/c1-3-11(14)10-13(12(15)4-2)8-6-5-7-9-13/h6-8H,3-4,9-10H2,1-2H3. The molecule has 1 aliphatic carbocycles. The number of carbonyl (C=O) groups is 2. The van der Waals surface area contributed by atoms with E-state index in [1.165, 1.54) is 0 Å². The van der Waals surface area contributed by atoms with Crippen LogP contribution in [0.25, 0.3) is 0 Å². The van der Waals surface area contributed by atoms with Gasteiger partial charge < -0.3 is 0 Å². The van der Waals surface area contributed by atoms with Crippen LogP contribution in [0.3, 0.4) is 0 Å². The molecule has 0 saturated carbocycles. The smallest absolute Gasteiger partial charge is 0.143 e. The molecule has 1 atom stereocenters. The molecule has 0 fully saturated rings. The number of allylic oxidation sites excluding steroid dienone is 4. The van der Waals surface area contributed by atoms with Crippen molar-refractivity contribution in [1.29, 1.82) is 0 Å². The highest BCUT2D eigenvalue weighted by molar-refractivity contribution is 5.92. The molecule has 0 heterocycles. The van der Waals surface area contributed by atoms with Gasteiger partial charge in [-0.1, -0.05) is 32.1 Å². The maximum absolute atomic E-state index is 11.9. The first-order valence-corrected chi connectivity index (χ1v) is 5.45. The lowest BCUT2D eigenvalue weighted by molar-refractivity contribution is -0.131. The molecule has 1 rings (SSSR count). The van der Waals surface area contributed by atoms with E-state index >= 15 is 0 Å². The summed E-state index contributed by atoms with van der Waals surface area (Å²) < 4.78 is 0. The fourth-order valence-electron chi connectivity index (χ4n) is 1.85. The average molecular weight is 205 g/mol. The van der Waals surface area contributed by atoms with Gasteiger partial charge in [0.05, 0.1) is 5.41 Å². The normalized spacial score (nSPS) is 24.1. The van der Waals surface area contributed by atoms with Crippen molar-refractivity contribution >= 4 is 11.6 Å². The molecular weight excluding hydrogens is 188 g/mol. The van der Waals surface area contributed by atoms with Gasteiger partial charge >= 0.3 is 0 Å². The van der Waals surface area contributed by atoms with E-state index in [-0.39, 0.29) is 11.6 Å². The van der Waals surface area contributed by atoms with Crippen LogP contribution < -0.4 is 0 Å². The van der Waals surface area contributed by atoms with Crippen LogP contribution in [0.2, 0.25) is 0 Å². The number of ketones is 2. The molecule has 1 aliphatic rings. The van der Waals surface area contributed by atoms with Crippen molar-refractivity contribution in [2.75, 3.05) is 0 Å². The van der Waals surface area contributed by atoms with E-state index in [1.54, 1.807) is 6.08 Å². The molecule has 0 saturated heterocycles. The summed E-state index contributed by atoms with van der Waals surface area (Å²) in [5.74, 6) is 0.301. The summed E-state index contributed by atoms with van der Waals surface area (Å²) in [6.45, 7) is 3.68. The van der Waals surface area contributed by atoms with Gasteiger partial charge in [-0.3, -0.25) is 9.59 Å². The second-order valence-corrected chi connectivity index (χ2v) is 3.91. The van der Waals surface area contributed by atoms with Crippen molar-refractivity contribution < 1.29 is 9.59 Å². The molecule has 0 aromatic carbocycles. The monoisotopic (exact) mass is 205 g/mol. The molecule has 0 bridgehead atoms. The molecule has 0 N–H and O–H groups in total. The molecule has 2 nitrogen and oxygen atoms in total. The highest BCUT2D eigenvalue weighted by Gasteiger charge is 2.35. The summed E-state index contributed by atoms with van der Waals surface area (Å²) in [6.07, 6.45) is 10.3. The minimum atomic E-state index is -0.576. The topological polar surface area (TPSA) is 34.1 Å². The summed E-state index contributed by atoms with van der Waals surface area (Å²) in [5, 5.41) is 0. The van der Waals surface area contributed by atoms with Crippen LogP contribution in [-0.2, 0) is 9.59 Å². The van der Waals surface area contributed by atoms with Gasteiger partial charge in [0, 0.05) is 19.3 Å². The first-order valence-electron chi connectivity index (χ1n) is 5.45. The van der Waals surface area contributed by atoms with Crippen molar-refractivity contribution in [2.24, 2.45) is 5.41 Å². The highest BCUT2D eigenvalue weighted by atomic mass is 16.1. The van der Waals surface area contributed by atoms with E-state index in [0.29, 0.717) is 25.7 Å². The van der Waals surface area contributed by atoms with Crippen molar-refractivity contribution in [3.05, 3.63) is 24.3 Å². The van der Waals surface area contributed by atoms with E-state index in [0.717, 1.165) is 0 Å². The van der Waals surface area contributed by atoms with Crippen molar-refractivity contribution in [2.45, 2.75) is 39.5 Å². The summed E-state index contributed by atoms with van der Waals surface area (Å²) in [7, 11) is 0. The Kier molecular flexibility index (Phi) is 4.01. The SMILES string of the molecule is CCC(=O)CC1(C(=O)CC)C=C[C]=CC1. The Labute approximate surface area is 91.1 Å². The van der Waals surface area contributed by atoms with Crippen molar-refractivity contribution in [3.63, 3.8) is 0 Å². The summed E-state index contributed by atoms with van der Waals surface area (Å²) in [4.78, 5) is 23.4. The molecule has 0 amide bonds. The zero-order valence-corrected chi connectivity index (χ0v) is 9.38. The van der Waals surface area contributed by atoms with Crippen LogP contribution in [0.1, 0.15) is 39.5 Å². The third-order valence-corrected chi connectivity index (χ3v) is 2.87. The van der Waals surface area contributed by atoms with Gasteiger partial charge in [-0.15, -0.1) is 0 Å². The van der Waals surface area contributed by atoms with E-state index < -0.39 is 5.41 Å². The van der Waals surface area contributed by atoms with E-state index in [1.807, 2.05) is 26.0 Å². The number of hydrogen-bond donors (Lipinski definition) is 0. The zero-order valence-electron chi connectivity index (χ0n) is 9.38. The van der Waals surface area contributed by atoms with Gasteiger partial charge in [0.1, 0.15) is 11.6 Å². The third-order valence-electron chi connectivity index (χ3n) is 2.87. The lowest BCUT2D eigenvalue weighted by atomic mass is 9.73. The molecule has 1 radical (unpaired) electrons. The molecule has 0 aliphatic heterocycles. The van der Waals surface area contributed by atoms with Gasteiger partial charge in [-0.2, -0.15) is 0 Å². The summed E-state index contributed by atoms with van der Waals surface area (Å²) in [5.41, 5.74) is -0.576. The Morgan fingerprint density at radius 3 is 2.53 bits per heavy atom. The summed E-state index contributed by atoms with van der Waals surface area (Å²) in [6, 6.07) is 0. The Bertz CT molecular complexity index is 312. The average Bonchev–Trinajstić information content (AvgIpc) is 2.29. The van der Waals surface area contributed by atoms with Crippen LogP contribution in [0, 0.1) is 11.5 Å². The number of hydrogen-bond acceptors (Lipinski definition) is 2. The minimum Gasteiger partial charge on any atom is -0.300 e. The Hall–Kier alpha value is -1.18. The zero-order chi connectivity index (χ0) is 11.3. The molecule has 15 heavy (non-hydrogen) atoms. The van der Waals surface area contributed by atoms with Gasteiger partial charge in [0.2, 0.25) is 0 Å². The van der Waals surface area contributed by atoms with E-state index in [2.05, 4.69) is 6.08 Å². The Balaban J connectivity index is 2.87. The number of carbonyl (C=O) groups excluding carboxylic acids is 2. The van der Waals surface area contributed by atoms with Gasteiger partial charge in [0.25, 0.3) is 0 Å². The first kappa shape index (κ1) is 11.9. The number of rotatable bonds is 5.